The van der Waals surface area contributed by atoms with Crippen LogP contribution in [0.15, 0.2) is 4.99 Å². The Morgan fingerprint density at radius 2 is 2.00 bits per heavy atom. The number of amides is 1. The van der Waals surface area contributed by atoms with Gasteiger partial charge in [-0.2, -0.15) is 0 Å². The van der Waals surface area contributed by atoms with Crippen molar-refractivity contribution in [1.29, 1.82) is 0 Å². The van der Waals surface area contributed by atoms with Crippen LogP contribution in [0.25, 0.3) is 0 Å². The maximum absolute atomic E-state index is 12.5. The van der Waals surface area contributed by atoms with Crippen molar-refractivity contribution in [2.75, 3.05) is 13.1 Å². The molecule has 1 fully saturated rings. The molecule has 2 rings (SSSR count). The predicted molar refractivity (Wildman–Crippen MR) is 68.1 cm³/mol. The van der Waals surface area contributed by atoms with Gasteiger partial charge in [0.25, 0.3) is 5.91 Å². The van der Waals surface area contributed by atoms with Gasteiger partial charge in [0.2, 0.25) is 0 Å². The Bertz CT molecular complexity index is 426. The van der Waals surface area contributed by atoms with Gasteiger partial charge in [-0.25, -0.2) is 0 Å². The molecule has 0 bridgehead atoms. The van der Waals surface area contributed by atoms with Crippen LogP contribution in [-0.4, -0.2) is 52.5 Å². The van der Waals surface area contributed by atoms with Gasteiger partial charge >= 0.3 is 5.97 Å². The van der Waals surface area contributed by atoms with Crippen molar-refractivity contribution in [3.8, 4) is 0 Å². The van der Waals surface area contributed by atoms with E-state index in [1.807, 2.05) is 0 Å². The van der Waals surface area contributed by atoms with Crippen LogP contribution in [0, 0.1) is 0 Å². The van der Waals surface area contributed by atoms with Gasteiger partial charge in [-0.1, -0.05) is 0 Å². The monoisotopic (exact) mass is 266 g/mol. The lowest BCUT2D eigenvalue weighted by molar-refractivity contribution is -0.144. The van der Waals surface area contributed by atoms with Crippen molar-refractivity contribution in [1.82, 2.24) is 4.90 Å². The molecule has 1 unspecified atom stereocenters. The zero-order chi connectivity index (χ0) is 13.9. The fraction of sp³-hybridized carbons (Fsp3) is 0.692. The molecule has 2 aliphatic rings. The molecular weight excluding hydrogens is 248 g/mol. The maximum atomic E-state index is 12.5. The topological polar surface area (TPSA) is 87.0 Å². The van der Waals surface area contributed by atoms with Gasteiger partial charge in [0.1, 0.15) is 0 Å². The number of aliphatic carboxylic acids is 1. The second-order valence-electron chi connectivity index (χ2n) is 5.05. The predicted octanol–water partition coefficient (Wildman–Crippen LogP) is 0.646. The lowest BCUT2D eigenvalue weighted by Gasteiger charge is -2.33. The highest BCUT2D eigenvalue weighted by Crippen LogP contribution is 2.29. The Hall–Kier alpha value is -1.72. The SMILES string of the molecule is O=C(O)CCC1(C(=O)N2CCCCC2)N=CCC1=O. The maximum Gasteiger partial charge on any atom is 0.303 e. The zero-order valence-electron chi connectivity index (χ0n) is 10.8. The number of piperidine rings is 1. The smallest absolute Gasteiger partial charge is 0.303 e. The molecule has 104 valence electrons. The number of likely N-dealkylation sites (tertiary alicyclic amines) is 1. The molecule has 0 aliphatic carbocycles. The van der Waals surface area contributed by atoms with E-state index in [-0.39, 0.29) is 31.0 Å². The average molecular weight is 266 g/mol. The minimum absolute atomic E-state index is 0.0347. The number of hydrogen-bond acceptors (Lipinski definition) is 4. The highest BCUT2D eigenvalue weighted by molar-refractivity contribution is 6.18. The van der Waals surface area contributed by atoms with Gasteiger partial charge in [-0.3, -0.25) is 19.4 Å². The standard InChI is InChI=1S/C13H18N2O4/c16-10-5-7-14-13(10,6-4-11(17)18)12(19)15-8-2-1-3-9-15/h7H,1-6,8-9H2,(H,17,18). The van der Waals surface area contributed by atoms with Crippen molar-refractivity contribution in [2.24, 2.45) is 4.99 Å². The van der Waals surface area contributed by atoms with E-state index in [2.05, 4.69) is 4.99 Å². The van der Waals surface area contributed by atoms with E-state index < -0.39 is 11.5 Å². The summed E-state index contributed by atoms with van der Waals surface area (Å²) in [6, 6.07) is 0. The molecule has 2 aliphatic heterocycles. The third kappa shape index (κ3) is 2.67. The quantitative estimate of drug-likeness (QED) is 0.757. The van der Waals surface area contributed by atoms with Crippen LogP contribution in [-0.2, 0) is 14.4 Å². The van der Waals surface area contributed by atoms with E-state index in [1.54, 1.807) is 4.90 Å². The Labute approximate surface area is 111 Å². The Balaban J connectivity index is 2.17. The fourth-order valence-corrected chi connectivity index (χ4v) is 2.66. The number of carbonyl (C=O) groups excluding carboxylic acids is 2. The lowest BCUT2D eigenvalue weighted by Crippen LogP contribution is -2.52. The van der Waals surface area contributed by atoms with Crippen molar-refractivity contribution >= 4 is 23.9 Å². The number of carboxylic acid groups (broad SMARTS) is 1. The Morgan fingerprint density at radius 3 is 2.53 bits per heavy atom. The van der Waals surface area contributed by atoms with Gasteiger partial charge in [0.05, 0.1) is 0 Å². The summed E-state index contributed by atoms with van der Waals surface area (Å²) in [5.41, 5.74) is -1.46. The Morgan fingerprint density at radius 1 is 1.32 bits per heavy atom. The van der Waals surface area contributed by atoms with E-state index >= 15 is 0 Å². The molecule has 6 nitrogen and oxygen atoms in total. The van der Waals surface area contributed by atoms with Crippen molar-refractivity contribution in [3.05, 3.63) is 0 Å². The molecule has 19 heavy (non-hydrogen) atoms. The van der Waals surface area contributed by atoms with Gasteiger partial charge in [-0.15, -0.1) is 0 Å². The second kappa shape index (κ2) is 5.50. The molecular formula is C13H18N2O4. The summed E-state index contributed by atoms with van der Waals surface area (Å²) in [4.78, 5) is 41.0. The second-order valence-corrected chi connectivity index (χ2v) is 5.05. The molecule has 0 aromatic carbocycles. The van der Waals surface area contributed by atoms with Gasteiger partial charge < -0.3 is 10.0 Å². The summed E-state index contributed by atoms with van der Waals surface area (Å²) < 4.78 is 0. The third-order valence-electron chi connectivity index (χ3n) is 3.75. The summed E-state index contributed by atoms with van der Waals surface area (Å²) in [7, 11) is 0. The van der Waals surface area contributed by atoms with E-state index in [0.29, 0.717) is 13.1 Å². The highest BCUT2D eigenvalue weighted by Gasteiger charge is 2.49. The van der Waals surface area contributed by atoms with E-state index in [9.17, 15) is 14.4 Å². The largest absolute Gasteiger partial charge is 0.481 e. The number of hydrogen-bond donors (Lipinski definition) is 1. The van der Waals surface area contributed by atoms with Crippen molar-refractivity contribution in [2.45, 2.75) is 44.1 Å². The highest BCUT2D eigenvalue weighted by atomic mass is 16.4. The Kier molecular flexibility index (Phi) is 3.97. The minimum atomic E-state index is -1.46. The first-order valence-electron chi connectivity index (χ1n) is 6.64. The molecule has 2 heterocycles. The van der Waals surface area contributed by atoms with Gasteiger partial charge in [0.15, 0.2) is 11.3 Å². The molecule has 0 spiro atoms. The van der Waals surface area contributed by atoms with Crippen LogP contribution in [0.2, 0.25) is 0 Å². The third-order valence-corrected chi connectivity index (χ3v) is 3.75. The van der Waals surface area contributed by atoms with E-state index in [4.69, 9.17) is 5.11 Å². The van der Waals surface area contributed by atoms with Crippen LogP contribution in [0.3, 0.4) is 0 Å². The summed E-state index contributed by atoms with van der Waals surface area (Å²) in [5.74, 6) is -1.60. The molecule has 0 aromatic heterocycles. The van der Waals surface area contributed by atoms with Crippen LogP contribution in [0.4, 0.5) is 0 Å². The molecule has 6 heteroatoms. The fourth-order valence-electron chi connectivity index (χ4n) is 2.66. The number of aliphatic imine (C=N–C) groups is 1. The summed E-state index contributed by atoms with van der Waals surface area (Å²) in [6.07, 6.45) is 4.25. The molecule has 0 aromatic rings. The molecule has 1 N–H and O–H groups in total. The molecule has 1 saturated heterocycles. The number of ketones is 1. The van der Waals surface area contributed by atoms with Crippen LogP contribution >= 0.6 is 0 Å². The summed E-state index contributed by atoms with van der Waals surface area (Å²) in [6.45, 7) is 1.27. The number of rotatable bonds is 4. The number of nitrogens with zero attached hydrogens (tertiary/aromatic N) is 2. The van der Waals surface area contributed by atoms with Crippen molar-refractivity contribution in [3.63, 3.8) is 0 Å². The van der Waals surface area contributed by atoms with Crippen molar-refractivity contribution < 1.29 is 19.5 Å². The van der Waals surface area contributed by atoms with Gasteiger partial charge in [-0.05, 0) is 25.7 Å². The van der Waals surface area contributed by atoms with Crippen LogP contribution in [0.5, 0.6) is 0 Å². The van der Waals surface area contributed by atoms with Gasteiger partial charge in [0, 0.05) is 32.1 Å². The molecule has 1 amide bonds. The van der Waals surface area contributed by atoms with Crippen LogP contribution in [0.1, 0.15) is 38.5 Å². The first kappa shape index (κ1) is 13.7. The van der Waals surface area contributed by atoms with E-state index in [1.165, 1.54) is 6.21 Å². The van der Waals surface area contributed by atoms with Crippen LogP contribution < -0.4 is 0 Å². The number of Topliss-reactive ketones (excluding diaryl/α,β-unsaturated/α-hetero) is 1. The number of carbonyl (C=O) groups is 3. The summed E-state index contributed by atoms with van der Waals surface area (Å²) in [5, 5.41) is 8.78. The normalized spacial score (nSPS) is 26.7. The average Bonchev–Trinajstić information content (AvgIpc) is 2.79. The molecule has 0 radical (unpaired) electrons. The summed E-state index contributed by atoms with van der Waals surface area (Å²) >= 11 is 0. The van der Waals surface area contributed by atoms with E-state index in [0.717, 1.165) is 19.3 Å². The first-order valence-corrected chi connectivity index (χ1v) is 6.64. The first-order chi connectivity index (χ1) is 9.06. The number of carboxylic acids is 1. The molecule has 0 saturated carbocycles. The molecule has 1 atom stereocenters. The minimum Gasteiger partial charge on any atom is -0.481 e. The lowest BCUT2D eigenvalue weighted by atomic mass is 9.87. The zero-order valence-corrected chi connectivity index (χ0v) is 10.8.